The summed E-state index contributed by atoms with van der Waals surface area (Å²) in [5, 5.41) is 3.43. The van der Waals surface area contributed by atoms with Crippen molar-refractivity contribution in [3.05, 3.63) is 53.1 Å². The molecule has 0 bridgehead atoms. The van der Waals surface area contributed by atoms with Crippen LogP contribution < -0.4 is 10.2 Å². The molecule has 1 amide bonds. The number of ether oxygens (including phenoxy) is 1. The summed E-state index contributed by atoms with van der Waals surface area (Å²) in [6, 6.07) is 12.1. The molecular weight excluding hydrogens is 438 g/mol. The predicted molar refractivity (Wildman–Crippen MR) is 123 cm³/mol. The molecule has 1 aliphatic heterocycles. The molecule has 1 heterocycles. The topological polar surface area (TPSA) is 79.0 Å². The second kappa shape index (κ2) is 10.5. The van der Waals surface area contributed by atoms with E-state index in [0.29, 0.717) is 55.7 Å². The molecule has 0 atom stereocenters. The lowest BCUT2D eigenvalue weighted by Gasteiger charge is -2.31. The highest BCUT2D eigenvalue weighted by Crippen LogP contribution is 2.31. The van der Waals surface area contributed by atoms with Gasteiger partial charge in [-0.25, -0.2) is 8.42 Å². The molecule has 2 aromatic carbocycles. The van der Waals surface area contributed by atoms with E-state index in [1.165, 1.54) is 4.31 Å². The molecule has 0 aromatic heterocycles. The fourth-order valence-corrected chi connectivity index (χ4v) is 5.26. The number of hydrogen-bond donors (Lipinski definition) is 1. The lowest BCUT2D eigenvalue weighted by atomic mass is 10.1. The van der Waals surface area contributed by atoms with Crippen LogP contribution in [0.2, 0.25) is 5.02 Å². The monoisotopic (exact) mass is 465 g/mol. The van der Waals surface area contributed by atoms with Gasteiger partial charge in [0, 0.05) is 31.2 Å². The summed E-state index contributed by atoms with van der Waals surface area (Å²) in [4.78, 5) is 15.0. The zero-order valence-electron chi connectivity index (χ0n) is 17.8. The van der Waals surface area contributed by atoms with Gasteiger partial charge in [-0.15, -0.1) is 0 Å². The number of rotatable bonds is 8. The van der Waals surface area contributed by atoms with Crippen LogP contribution in [-0.4, -0.2) is 58.0 Å². The van der Waals surface area contributed by atoms with Gasteiger partial charge < -0.3 is 15.0 Å². The minimum absolute atomic E-state index is 0.0925. The van der Waals surface area contributed by atoms with E-state index in [4.69, 9.17) is 16.3 Å². The molecular formula is C22H28ClN3O4S. The van der Waals surface area contributed by atoms with Crippen LogP contribution in [0.15, 0.2) is 47.4 Å². The smallest absolute Gasteiger partial charge is 0.243 e. The van der Waals surface area contributed by atoms with Gasteiger partial charge in [0.05, 0.1) is 35.9 Å². The van der Waals surface area contributed by atoms with Crippen LogP contribution >= 0.6 is 11.6 Å². The third kappa shape index (κ3) is 5.57. The van der Waals surface area contributed by atoms with Gasteiger partial charge in [-0.1, -0.05) is 43.6 Å². The Morgan fingerprint density at radius 3 is 2.45 bits per heavy atom. The van der Waals surface area contributed by atoms with Gasteiger partial charge in [-0.05, 0) is 29.8 Å². The number of nitrogens with one attached hydrogen (secondary N) is 1. The first-order chi connectivity index (χ1) is 14.9. The Bertz CT molecular complexity index is 1020. The first-order valence-electron chi connectivity index (χ1n) is 10.4. The number of carbonyl (C=O) groups excluding carboxylic acids is 1. The van der Waals surface area contributed by atoms with Crippen molar-refractivity contribution in [1.82, 2.24) is 4.31 Å². The summed E-state index contributed by atoms with van der Waals surface area (Å²) in [5.74, 6) is -0.264. The fourth-order valence-electron chi connectivity index (χ4n) is 3.58. The number of carbonyl (C=O) groups is 1. The highest BCUT2D eigenvalue weighted by Gasteiger charge is 2.25. The molecule has 2 aromatic rings. The number of morpholine rings is 1. The molecule has 31 heavy (non-hydrogen) atoms. The summed E-state index contributed by atoms with van der Waals surface area (Å²) in [5.41, 5.74) is 1.95. The summed E-state index contributed by atoms with van der Waals surface area (Å²) >= 11 is 6.19. The van der Waals surface area contributed by atoms with Crippen LogP contribution in [0.1, 0.15) is 19.4 Å². The maximum absolute atomic E-state index is 13.0. The number of benzene rings is 2. The van der Waals surface area contributed by atoms with Crippen molar-refractivity contribution in [3.63, 3.8) is 0 Å². The van der Waals surface area contributed by atoms with E-state index in [0.717, 1.165) is 5.69 Å². The van der Waals surface area contributed by atoms with E-state index < -0.39 is 10.0 Å². The molecule has 1 saturated heterocycles. The molecule has 0 saturated carbocycles. The van der Waals surface area contributed by atoms with Crippen molar-refractivity contribution in [3.8, 4) is 0 Å². The molecule has 1 fully saturated rings. The standard InChI is InChI=1S/C22H28ClN3O4S/c1-3-26(4-2)31(28,29)18-9-10-21(25-11-13-30-14-12-25)20(16-18)24-22(27)15-17-7-5-6-8-19(17)23/h5-10,16H,3-4,11-15H2,1-2H3,(H,24,27). The number of nitrogens with zero attached hydrogens (tertiary/aromatic N) is 2. The van der Waals surface area contributed by atoms with Crippen molar-refractivity contribution in [2.45, 2.75) is 25.2 Å². The minimum Gasteiger partial charge on any atom is -0.378 e. The lowest BCUT2D eigenvalue weighted by Crippen LogP contribution is -2.37. The average Bonchev–Trinajstić information content (AvgIpc) is 2.76. The maximum atomic E-state index is 13.0. The van der Waals surface area contributed by atoms with Gasteiger partial charge in [0.25, 0.3) is 0 Å². The van der Waals surface area contributed by atoms with Gasteiger partial charge >= 0.3 is 0 Å². The van der Waals surface area contributed by atoms with E-state index in [-0.39, 0.29) is 17.2 Å². The number of sulfonamides is 1. The predicted octanol–water partition coefficient (Wildman–Crippen LogP) is 3.39. The Labute approximate surface area is 189 Å². The van der Waals surface area contributed by atoms with Crippen LogP contribution in [0, 0.1) is 0 Å². The fraction of sp³-hybridized carbons (Fsp3) is 0.409. The van der Waals surface area contributed by atoms with Gasteiger partial charge in [0.15, 0.2) is 0 Å². The van der Waals surface area contributed by atoms with Crippen LogP contribution in [-0.2, 0) is 26.0 Å². The second-order valence-electron chi connectivity index (χ2n) is 7.18. The molecule has 0 radical (unpaired) electrons. The highest BCUT2D eigenvalue weighted by atomic mass is 35.5. The lowest BCUT2D eigenvalue weighted by molar-refractivity contribution is -0.115. The quantitative estimate of drug-likeness (QED) is 0.646. The van der Waals surface area contributed by atoms with Gasteiger partial charge in [-0.2, -0.15) is 4.31 Å². The third-order valence-corrected chi connectivity index (χ3v) is 7.66. The number of hydrogen-bond acceptors (Lipinski definition) is 5. The maximum Gasteiger partial charge on any atom is 0.243 e. The third-order valence-electron chi connectivity index (χ3n) is 5.25. The Kier molecular flexibility index (Phi) is 7.94. The molecule has 0 aliphatic carbocycles. The summed E-state index contributed by atoms with van der Waals surface area (Å²) in [6.07, 6.45) is 0.0925. The van der Waals surface area contributed by atoms with Crippen LogP contribution in [0.3, 0.4) is 0 Å². The average molecular weight is 466 g/mol. The zero-order valence-corrected chi connectivity index (χ0v) is 19.4. The Morgan fingerprint density at radius 1 is 1.13 bits per heavy atom. The van der Waals surface area contributed by atoms with Crippen molar-refractivity contribution < 1.29 is 17.9 Å². The van der Waals surface area contributed by atoms with Crippen LogP contribution in [0.4, 0.5) is 11.4 Å². The number of halogens is 1. The van der Waals surface area contributed by atoms with E-state index in [2.05, 4.69) is 10.2 Å². The first kappa shape index (κ1) is 23.5. The zero-order chi connectivity index (χ0) is 22.4. The first-order valence-corrected chi connectivity index (χ1v) is 12.2. The molecule has 0 unspecified atom stereocenters. The van der Waals surface area contributed by atoms with Gasteiger partial charge in [-0.3, -0.25) is 4.79 Å². The Morgan fingerprint density at radius 2 is 1.81 bits per heavy atom. The van der Waals surface area contributed by atoms with Crippen molar-refractivity contribution >= 4 is 38.9 Å². The summed E-state index contributed by atoms with van der Waals surface area (Å²) in [6.45, 7) is 6.82. The normalized spacial score (nSPS) is 14.6. The summed E-state index contributed by atoms with van der Waals surface area (Å²) in [7, 11) is -3.65. The van der Waals surface area contributed by atoms with E-state index in [1.807, 2.05) is 12.1 Å². The molecule has 1 N–H and O–H groups in total. The van der Waals surface area contributed by atoms with Crippen molar-refractivity contribution in [1.29, 1.82) is 0 Å². The molecule has 7 nitrogen and oxygen atoms in total. The van der Waals surface area contributed by atoms with Crippen LogP contribution in [0.5, 0.6) is 0 Å². The largest absolute Gasteiger partial charge is 0.378 e. The van der Waals surface area contributed by atoms with Crippen LogP contribution in [0.25, 0.3) is 0 Å². The Balaban J connectivity index is 1.94. The highest BCUT2D eigenvalue weighted by molar-refractivity contribution is 7.89. The minimum atomic E-state index is -3.65. The van der Waals surface area contributed by atoms with E-state index in [9.17, 15) is 13.2 Å². The van der Waals surface area contributed by atoms with E-state index in [1.54, 1.807) is 44.2 Å². The molecule has 168 valence electrons. The number of amides is 1. The SMILES string of the molecule is CCN(CC)S(=O)(=O)c1ccc(N2CCOCC2)c(NC(=O)Cc2ccccc2Cl)c1. The van der Waals surface area contributed by atoms with Crippen molar-refractivity contribution in [2.75, 3.05) is 49.6 Å². The molecule has 3 rings (SSSR count). The van der Waals surface area contributed by atoms with Gasteiger partial charge in [0.1, 0.15) is 0 Å². The van der Waals surface area contributed by atoms with E-state index >= 15 is 0 Å². The summed E-state index contributed by atoms with van der Waals surface area (Å²) < 4.78 is 32.9. The molecule has 1 aliphatic rings. The molecule has 9 heteroatoms. The second-order valence-corrected chi connectivity index (χ2v) is 9.53. The molecule has 0 spiro atoms. The van der Waals surface area contributed by atoms with Gasteiger partial charge in [0.2, 0.25) is 15.9 Å². The Hall–Kier alpha value is -2.13. The van der Waals surface area contributed by atoms with Crippen molar-refractivity contribution in [2.24, 2.45) is 0 Å². The number of anilines is 2.